The lowest BCUT2D eigenvalue weighted by molar-refractivity contribution is 0.0222. The summed E-state index contributed by atoms with van der Waals surface area (Å²) in [5.74, 6) is 0. The van der Waals surface area contributed by atoms with Crippen molar-refractivity contribution in [3.63, 3.8) is 0 Å². The fourth-order valence-electron chi connectivity index (χ4n) is 1.17. The van der Waals surface area contributed by atoms with E-state index in [0.717, 1.165) is 6.42 Å². The summed E-state index contributed by atoms with van der Waals surface area (Å²) in [4.78, 5) is 0. The third kappa shape index (κ3) is 3.09. The summed E-state index contributed by atoms with van der Waals surface area (Å²) in [6.07, 6.45) is 0.746. The van der Waals surface area contributed by atoms with Gasteiger partial charge < -0.3 is 15.2 Å². The molecular formula is C9H19NO2. The molecule has 0 radical (unpaired) electrons. The van der Waals surface area contributed by atoms with Crippen LogP contribution in [0.4, 0.5) is 0 Å². The minimum absolute atomic E-state index is 0.0678. The highest BCUT2D eigenvalue weighted by atomic mass is 16.5. The number of hydrogen-bond acceptors (Lipinski definition) is 3. The van der Waals surface area contributed by atoms with E-state index in [1.54, 1.807) is 0 Å². The fourth-order valence-corrected chi connectivity index (χ4v) is 1.17. The second-order valence-corrected chi connectivity index (χ2v) is 4.63. The summed E-state index contributed by atoms with van der Waals surface area (Å²) < 4.78 is 5.14. The average Bonchev–Trinajstić information content (AvgIpc) is 2.32. The Bertz CT molecular complexity index is 145. The molecule has 0 aromatic heterocycles. The molecule has 1 aliphatic heterocycles. The molecule has 72 valence electrons. The Morgan fingerprint density at radius 3 is 2.58 bits per heavy atom. The molecule has 1 rings (SSSR count). The first-order chi connectivity index (χ1) is 5.41. The van der Waals surface area contributed by atoms with Crippen LogP contribution in [-0.2, 0) is 4.74 Å². The van der Waals surface area contributed by atoms with Crippen LogP contribution in [0.15, 0.2) is 0 Å². The standard InChI is InChI=1S/C9H19NO2/c1-8(2,3)10-6-9(11)4-5-12-7-9/h10-11H,4-7H2,1-3H3. The number of β-amino-alcohol motifs (C(OH)–C–C–N with tert-alkyl or cyclic N) is 1. The minimum atomic E-state index is -0.632. The van der Waals surface area contributed by atoms with E-state index in [2.05, 4.69) is 26.1 Å². The van der Waals surface area contributed by atoms with Gasteiger partial charge in [-0.25, -0.2) is 0 Å². The third-order valence-corrected chi connectivity index (χ3v) is 2.03. The van der Waals surface area contributed by atoms with E-state index in [-0.39, 0.29) is 5.54 Å². The number of nitrogens with one attached hydrogen (secondary N) is 1. The summed E-state index contributed by atoms with van der Waals surface area (Å²) >= 11 is 0. The van der Waals surface area contributed by atoms with E-state index in [1.165, 1.54) is 0 Å². The Hall–Kier alpha value is -0.120. The van der Waals surface area contributed by atoms with Gasteiger partial charge in [0.25, 0.3) is 0 Å². The van der Waals surface area contributed by atoms with E-state index in [1.807, 2.05) is 0 Å². The Morgan fingerprint density at radius 2 is 2.17 bits per heavy atom. The quantitative estimate of drug-likeness (QED) is 0.640. The van der Waals surface area contributed by atoms with Crippen LogP contribution in [-0.4, -0.2) is 36.0 Å². The van der Waals surface area contributed by atoms with Gasteiger partial charge in [-0.3, -0.25) is 0 Å². The van der Waals surface area contributed by atoms with Crippen molar-refractivity contribution >= 4 is 0 Å². The second kappa shape index (κ2) is 3.32. The lowest BCUT2D eigenvalue weighted by Crippen LogP contribution is -2.48. The van der Waals surface area contributed by atoms with E-state index in [0.29, 0.717) is 19.8 Å². The molecule has 0 amide bonds. The van der Waals surface area contributed by atoms with Crippen LogP contribution in [0.1, 0.15) is 27.2 Å². The van der Waals surface area contributed by atoms with Gasteiger partial charge in [0.05, 0.1) is 6.61 Å². The molecular weight excluding hydrogens is 154 g/mol. The van der Waals surface area contributed by atoms with Gasteiger partial charge in [0.2, 0.25) is 0 Å². The molecule has 1 fully saturated rings. The zero-order valence-corrected chi connectivity index (χ0v) is 8.18. The number of ether oxygens (including phenoxy) is 1. The summed E-state index contributed by atoms with van der Waals surface area (Å²) in [6.45, 7) is 8.04. The molecule has 0 aromatic carbocycles. The Balaban J connectivity index is 2.30. The van der Waals surface area contributed by atoms with Gasteiger partial charge in [-0.1, -0.05) is 0 Å². The predicted molar refractivity (Wildman–Crippen MR) is 48.1 cm³/mol. The van der Waals surface area contributed by atoms with Crippen LogP contribution in [0.5, 0.6) is 0 Å². The lowest BCUT2D eigenvalue weighted by atomic mass is 10.0. The van der Waals surface area contributed by atoms with Gasteiger partial charge >= 0.3 is 0 Å². The van der Waals surface area contributed by atoms with Gasteiger partial charge in [-0.15, -0.1) is 0 Å². The zero-order valence-electron chi connectivity index (χ0n) is 8.18. The SMILES string of the molecule is CC(C)(C)NCC1(O)CCOC1. The van der Waals surface area contributed by atoms with Crippen molar-refractivity contribution in [3.8, 4) is 0 Å². The first kappa shape index (κ1) is 9.96. The molecule has 0 bridgehead atoms. The van der Waals surface area contributed by atoms with Crippen molar-refractivity contribution in [2.45, 2.75) is 38.3 Å². The monoisotopic (exact) mass is 173 g/mol. The molecule has 0 saturated carbocycles. The van der Waals surface area contributed by atoms with Crippen molar-refractivity contribution < 1.29 is 9.84 Å². The number of rotatable bonds is 2. The molecule has 3 heteroatoms. The highest BCUT2D eigenvalue weighted by Crippen LogP contribution is 2.17. The van der Waals surface area contributed by atoms with E-state index in [9.17, 15) is 5.11 Å². The largest absolute Gasteiger partial charge is 0.386 e. The molecule has 1 aliphatic rings. The highest BCUT2D eigenvalue weighted by Gasteiger charge is 2.32. The number of hydrogen-bond donors (Lipinski definition) is 2. The van der Waals surface area contributed by atoms with Crippen molar-refractivity contribution in [1.29, 1.82) is 0 Å². The summed E-state index contributed by atoms with van der Waals surface area (Å²) in [5.41, 5.74) is -0.564. The second-order valence-electron chi connectivity index (χ2n) is 4.63. The third-order valence-electron chi connectivity index (χ3n) is 2.03. The maximum atomic E-state index is 9.87. The average molecular weight is 173 g/mol. The molecule has 0 aromatic rings. The molecule has 1 unspecified atom stereocenters. The van der Waals surface area contributed by atoms with Crippen molar-refractivity contribution in [2.24, 2.45) is 0 Å². The maximum Gasteiger partial charge on any atom is 0.103 e. The minimum Gasteiger partial charge on any atom is -0.386 e. The molecule has 1 heterocycles. The summed E-state index contributed by atoms with van der Waals surface area (Å²) in [5, 5.41) is 13.1. The van der Waals surface area contributed by atoms with Crippen molar-refractivity contribution in [1.82, 2.24) is 5.32 Å². The van der Waals surface area contributed by atoms with Crippen LogP contribution in [0.25, 0.3) is 0 Å². The lowest BCUT2D eigenvalue weighted by Gasteiger charge is -2.27. The molecule has 1 atom stereocenters. The normalized spacial score (nSPS) is 31.0. The molecule has 1 saturated heterocycles. The van der Waals surface area contributed by atoms with E-state index in [4.69, 9.17) is 4.74 Å². The summed E-state index contributed by atoms with van der Waals surface area (Å²) in [7, 11) is 0. The smallest absolute Gasteiger partial charge is 0.103 e. The van der Waals surface area contributed by atoms with Crippen LogP contribution in [0.2, 0.25) is 0 Å². The van der Waals surface area contributed by atoms with Gasteiger partial charge in [0.1, 0.15) is 5.60 Å². The van der Waals surface area contributed by atoms with Gasteiger partial charge in [-0.2, -0.15) is 0 Å². The molecule has 12 heavy (non-hydrogen) atoms. The molecule has 2 N–H and O–H groups in total. The molecule has 3 nitrogen and oxygen atoms in total. The van der Waals surface area contributed by atoms with Crippen LogP contribution in [0, 0.1) is 0 Å². The van der Waals surface area contributed by atoms with Crippen LogP contribution >= 0.6 is 0 Å². The summed E-state index contributed by atoms with van der Waals surface area (Å²) in [6, 6.07) is 0. The van der Waals surface area contributed by atoms with Crippen molar-refractivity contribution in [2.75, 3.05) is 19.8 Å². The molecule has 0 spiro atoms. The van der Waals surface area contributed by atoms with E-state index < -0.39 is 5.60 Å². The number of aliphatic hydroxyl groups is 1. The van der Waals surface area contributed by atoms with Crippen LogP contribution in [0.3, 0.4) is 0 Å². The highest BCUT2D eigenvalue weighted by molar-refractivity contribution is 4.87. The fraction of sp³-hybridized carbons (Fsp3) is 1.00. The topological polar surface area (TPSA) is 41.5 Å². The van der Waals surface area contributed by atoms with Gasteiger partial charge in [0, 0.05) is 25.1 Å². The van der Waals surface area contributed by atoms with Gasteiger partial charge in [0.15, 0.2) is 0 Å². The first-order valence-corrected chi connectivity index (χ1v) is 4.47. The zero-order chi connectivity index (χ0) is 9.24. The first-order valence-electron chi connectivity index (χ1n) is 4.47. The van der Waals surface area contributed by atoms with E-state index >= 15 is 0 Å². The van der Waals surface area contributed by atoms with Crippen LogP contribution < -0.4 is 5.32 Å². The Labute approximate surface area is 74.1 Å². The predicted octanol–water partition coefficient (Wildman–Crippen LogP) is 0.526. The maximum absolute atomic E-state index is 9.87. The van der Waals surface area contributed by atoms with Gasteiger partial charge in [-0.05, 0) is 20.8 Å². The Kier molecular flexibility index (Phi) is 2.76. The molecule has 0 aliphatic carbocycles. The van der Waals surface area contributed by atoms with Crippen molar-refractivity contribution in [3.05, 3.63) is 0 Å². The Morgan fingerprint density at radius 1 is 1.50 bits per heavy atom.